The number of aryl methyl sites for hydroxylation is 1. The van der Waals surface area contributed by atoms with Gasteiger partial charge in [-0.1, -0.05) is 31.2 Å². The first-order chi connectivity index (χ1) is 18.5. The van der Waals surface area contributed by atoms with E-state index in [1.54, 1.807) is 0 Å². The summed E-state index contributed by atoms with van der Waals surface area (Å²) in [6.07, 6.45) is 9.66. The largest absolute Gasteiger partial charge is 0.349 e. The van der Waals surface area contributed by atoms with Crippen LogP contribution in [0.15, 0.2) is 48.5 Å². The smallest absolute Gasteiger partial charge is 0.252 e. The number of benzene rings is 2. The van der Waals surface area contributed by atoms with E-state index in [4.69, 9.17) is 0 Å². The lowest BCUT2D eigenvalue weighted by Crippen LogP contribution is -2.38. The van der Waals surface area contributed by atoms with Crippen molar-refractivity contribution in [2.45, 2.75) is 89.8 Å². The second-order valence-electron chi connectivity index (χ2n) is 11.7. The molecule has 2 bridgehead atoms. The molecule has 1 saturated heterocycles. The summed E-state index contributed by atoms with van der Waals surface area (Å²) in [6, 6.07) is 17.5. The molecule has 2 unspecified atom stereocenters. The lowest BCUT2D eigenvalue weighted by atomic mass is 9.84. The topological polar surface area (TPSA) is 62.3 Å². The molecule has 5 nitrogen and oxygen atoms in total. The van der Waals surface area contributed by atoms with Gasteiger partial charge in [0.2, 0.25) is 0 Å². The molecular formula is C33H39N3O2. The predicted molar refractivity (Wildman–Crippen MR) is 151 cm³/mol. The molecule has 0 spiro atoms. The van der Waals surface area contributed by atoms with Crippen molar-refractivity contribution >= 4 is 22.6 Å². The fourth-order valence-corrected chi connectivity index (χ4v) is 7.20. The Balaban J connectivity index is 1.02. The monoisotopic (exact) mass is 509 g/mol. The Kier molecular flexibility index (Phi) is 7.05. The summed E-state index contributed by atoms with van der Waals surface area (Å²) in [5.74, 6) is 1.02. The van der Waals surface area contributed by atoms with E-state index in [0.29, 0.717) is 18.5 Å². The molecule has 2 atom stereocenters. The zero-order valence-corrected chi connectivity index (χ0v) is 22.7. The number of hydrogen-bond acceptors (Lipinski definition) is 4. The van der Waals surface area contributed by atoms with Crippen molar-refractivity contribution in [1.29, 1.82) is 0 Å². The van der Waals surface area contributed by atoms with Gasteiger partial charge in [0.25, 0.3) is 5.91 Å². The molecular weight excluding hydrogens is 470 g/mol. The highest BCUT2D eigenvalue weighted by Crippen LogP contribution is 2.53. The minimum absolute atomic E-state index is 0.0212. The minimum Gasteiger partial charge on any atom is -0.349 e. The second kappa shape index (κ2) is 10.6. The number of rotatable bonds is 8. The Morgan fingerprint density at radius 2 is 1.74 bits per heavy atom. The normalized spacial score (nSPS) is 24.5. The number of amides is 1. The predicted octanol–water partition coefficient (Wildman–Crippen LogP) is 7.10. The third-order valence-corrected chi connectivity index (χ3v) is 9.21. The highest BCUT2D eigenvalue weighted by Gasteiger charge is 2.43. The van der Waals surface area contributed by atoms with Crippen LogP contribution in [0.5, 0.6) is 0 Å². The number of fused-ring (bicyclic) bond motifs is 6. The first-order valence-corrected chi connectivity index (χ1v) is 14.6. The van der Waals surface area contributed by atoms with E-state index in [9.17, 15) is 9.59 Å². The van der Waals surface area contributed by atoms with Crippen LogP contribution in [0.1, 0.15) is 114 Å². The summed E-state index contributed by atoms with van der Waals surface area (Å²) in [4.78, 5) is 32.9. The Hall–Kier alpha value is -3.05. The van der Waals surface area contributed by atoms with Crippen LogP contribution in [0.4, 0.5) is 0 Å². The summed E-state index contributed by atoms with van der Waals surface area (Å²) in [5.41, 5.74) is 6.33. The van der Waals surface area contributed by atoms with Crippen LogP contribution >= 0.6 is 0 Å². The summed E-state index contributed by atoms with van der Waals surface area (Å²) in [7, 11) is 0. The van der Waals surface area contributed by atoms with Crippen LogP contribution in [0.2, 0.25) is 0 Å². The Bertz CT molecular complexity index is 1360. The van der Waals surface area contributed by atoms with Gasteiger partial charge in [-0.25, -0.2) is 0 Å². The van der Waals surface area contributed by atoms with Gasteiger partial charge in [0, 0.05) is 46.8 Å². The zero-order chi connectivity index (χ0) is 26.2. The molecule has 1 amide bonds. The molecule has 1 aromatic heterocycles. The first kappa shape index (κ1) is 25.2. The minimum atomic E-state index is 0.0212. The average molecular weight is 510 g/mol. The summed E-state index contributed by atoms with van der Waals surface area (Å²) >= 11 is 0. The van der Waals surface area contributed by atoms with Gasteiger partial charge in [-0.2, -0.15) is 0 Å². The van der Waals surface area contributed by atoms with Gasteiger partial charge >= 0.3 is 0 Å². The van der Waals surface area contributed by atoms with Gasteiger partial charge in [-0.3, -0.25) is 19.5 Å². The van der Waals surface area contributed by atoms with Crippen molar-refractivity contribution in [1.82, 2.24) is 15.2 Å². The molecule has 3 aromatic rings. The van der Waals surface area contributed by atoms with E-state index in [2.05, 4.69) is 40.3 Å². The van der Waals surface area contributed by atoms with Crippen molar-refractivity contribution in [2.24, 2.45) is 5.92 Å². The maximum atomic E-state index is 13.1. The number of hydrogen-bond donors (Lipinski definition) is 1. The second-order valence-corrected chi connectivity index (χ2v) is 11.7. The van der Waals surface area contributed by atoms with Gasteiger partial charge < -0.3 is 5.32 Å². The molecule has 6 rings (SSSR count). The van der Waals surface area contributed by atoms with E-state index in [-0.39, 0.29) is 17.7 Å². The fraction of sp³-hybridized carbons (Fsp3) is 0.485. The summed E-state index contributed by atoms with van der Waals surface area (Å²) in [5, 5.41) is 4.24. The molecule has 3 heterocycles. The van der Waals surface area contributed by atoms with Crippen LogP contribution < -0.4 is 5.32 Å². The quantitative estimate of drug-likeness (QED) is 0.329. The van der Waals surface area contributed by atoms with E-state index in [0.717, 1.165) is 59.4 Å². The molecule has 2 aromatic carbocycles. The third kappa shape index (κ3) is 4.77. The maximum absolute atomic E-state index is 13.1. The standard InChI is InChI=1S/C33H39N3O2/c1-3-5-32(37)23-11-15-26-28(20-23)31-17-16-30(26)36(31)19-18-22-9-12-24(13-10-22)35-33(38)27-6-4-7-29-25(27)14-8-21(2)34-29/h4,6-8,11,14-15,20,22,24,30-31H,3,5,9-10,12-13,16-19H2,1-2H3,(H,35,38). The molecule has 38 heavy (non-hydrogen) atoms. The fourth-order valence-electron chi connectivity index (χ4n) is 7.20. The third-order valence-electron chi connectivity index (χ3n) is 9.21. The number of aromatic nitrogens is 1. The maximum Gasteiger partial charge on any atom is 0.252 e. The van der Waals surface area contributed by atoms with Gasteiger partial charge in [-0.05, 0) is 106 Å². The van der Waals surface area contributed by atoms with E-state index in [1.165, 1.54) is 43.2 Å². The number of ketones is 1. The van der Waals surface area contributed by atoms with Gasteiger partial charge in [0.1, 0.15) is 0 Å². The van der Waals surface area contributed by atoms with E-state index >= 15 is 0 Å². The number of Topliss-reactive ketones (excluding diaryl/α,β-unsaturated/α-hetero) is 1. The molecule has 1 saturated carbocycles. The Morgan fingerprint density at radius 3 is 2.53 bits per heavy atom. The SMILES string of the molecule is CCCC(=O)c1ccc2c(c1)C1CCC2N1CCC1CCC(NC(=O)c2cccc3nc(C)ccc23)CC1. The number of carbonyl (C=O) groups is 2. The van der Waals surface area contributed by atoms with Crippen molar-refractivity contribution in [2.75, 3.05) is 6.54 Å². The number of carbonyl (C=O) groups excluding carboxylic acids is 2. The number of pyridine rings is 1. The van der Waals surface area contributed by atoms with Crippen LogP contribution in [-0.4, -0.2) is 34.2 Å². The molecule has 2 aliphatic heterocycles. The molecule has 1 N–H and O–H groups in total. The first-order valence-electron chi connectivity index (χ1n) is 14.6. The zero-order valence-electron chi connectivity index (χ0n) is 22.7. The Labute approximate surface area is 226 Å². The van der Waals surface area contributed by atoms with Crippen LogP contribution in [0.25, 0.3) is 10.9 Å². The number of nitrogens with zero attached hydrogens (tertiary/aromatic N) is 2. The lowest BCUT2D eigenvalue weighted by Gasteiger charge is -2.31. The van der Waals surface area contributed by atoms with Gasteiger partial charge in [0.05, 0.1) is 5.52 Å². The molecule has 5 heteroatoms. The number of nitrogens with one attached hydrogen (secondary N) is 1. The van der Waals surface area contributed by atoms with Crippen LogP contribution in [0.3, 0.4) is 0 Å². The average Bonchev–Trinajstić information content (AvgIpc) is 3.48. The molecule has 1 aliphatic carbocycles. The molecule has 2 fully saturated rings. The van der Waals surface area contributed by atoms with Gasteiger partial charge in [0.15, 0.2) is 5.78 Å². The molecule has 198 valence electrons. The van der Waals surface area contributed by atoms with Gasteiger partial charge in [-0.15, -0.1) is 0 Å². The highest BCUT2D eigenvalue weighted by molar-refractivity contribution is 6.06. The lowest BCUT2D eigenvalue weighted by molar-refractivity contribution is 0.0919. The van der Waals surface area contributed by atoms with Crippen LogP contribution in [0, 0.1) is 12.8 Å². The van der Waals surface area contributed by atoms with Crippen LogP contribution in [-0.2, 0) is 0 Å². The summed E-state index contributed by atoms with van der Waals surface area (Å²) in [6.45, 7) is 5.18. The van der Waals surface area contributed by atoms with Crippen molar-refractivity contribution in [3.8, 4) is 0 Å². The van der Waals surface area contributed by atoms with E-state index in [1.807, 2.05) is 37.3 Å². The Morgan fingerprint density at radius 1 is 0.947 bits per heavy atom. The van der Waals surface area contributed by atoms with Crippen molar-refractivity contribution in [3.63, 3.8) is 0 Å². The van der Waals surface area contributed by atoms with Crippen molar-refractivity contribution in [3.05, 3.63) is 76.5 Å². The van der Waals surface area contributed by atoms with E-state index < -0.39 is 0 Å². The molecule has 3 aliphatic rings. The van der Waals surface area contributed by atoms with Crippen molar-refractivity contribution < 1.29 is 9.59 Å². The molecule has 0 radical (unpaired) electrons. The highest BCUT2D eigenvalue weighted by atomic mass is 16.1. The summed E-state index contributed by atoms with van der Waals surface area (Å²) < 4.78 is 0.